The van der Waals surface area contributed by atoms with Crippen LogP contribution < -0.4 is 15.4 Å². The first kappa shape index (κ1) is 19.5. The summed E-state index contributed by atoms with van der Waals surface area (Å²) in [6.45, 7) is 5.16. The Morgan fingerprint density at radius 2 is 1.62 bits per heavy atom. The van der Waals surface area contributed by atoms with Crippen LogP contribution in [0.25, 0.3) is 0 Å². The first-order chi connectivity index (χ1) is 12.6. The summed E-state index contributed by atoms with van der Waals surface area (Å²) in [4.78, 5) is 23.6. The molecule has 5 nitrogen and oxygen atoms in total. The molecule has 5 heteroatoms. The minimum absolute atomic E-state index is 0.0826. The number of ether oxygens (including phenoxy) is 1. The van der Waals surface area contributed by atoms with Gasteiger partial charge in [-0.15, -0.1) is 0 Å². The largest absolute Gasteiger partial charge is 0.493 e. The van der Waals surface area contributed by atoms with Crippen LogP contribution in [0.1, 0.15) is 29.5 Å². The average Bonchev–Trinajstić information content (AvgIpc) is 2.64. The SMILES string of the molecule is Cc1cccc(OCCC(=O)NCCC(=O)NCc2ccccc2)c1C. The molecule has 26 heavy (non-hydrogen) atoms. The molecule has 0 heterocycles. The standard InChI is InChI=1S/C21H26N2O3/c1-16-7-6-10-19(17(16)2)26-14-12-21(25)22-13-11-20(24)23-15-18-8-4-3-5-9-18/h3-10H,11-15H2,1-2H3,(H,22,25)(H,23,24). The van der Waals surface area contributed by atoms with Crippen molar-refractivity contribution in [2.24, 2.45) is 0 Å². The lowest BCUT2D eigenvalue weighted by Gasteiger charge is -2.11. The van der Waals surface area contributed by atoms with E-state index < -0.39 is 0 Å². The predicted molar refractivity (Wildman–Crippen MR) is 102 cm³/mol. The number of carbonyl (C=O) groups excluding carboxylic acids is 2. The summed E-state index contributed by atoms with van der Waals surface area (Å²) in [5.74, 6) is 0.602. The van der Waals surface area contributed by atoms with Crippen LogP contribution in [-0.2, 0) is 16.1 Å². The van der Waals surface area contributed by atoms with Crippen molar-refractivity contribution in [3.05, 3.63) is 65.2 Å². The molecule has 2 N–H and O–H groups in total. The number of amides is 2. The van der Waals surface area contributed by atoms with Gasteiger partial charge in [0, 0.05) is 19.5 Å². The number of benzene rings is 2. The Hall–Kier alpha value is -2.82. The van der Waals surface area contributed by atoms with Gasteiger partial charge >= 0.3 is 0 Å². The molecule has 2 aromatic carbocycles. The molecule has 0 aliphatic rings. The molecule has 0 saturated carbocycles. The molecule has 0 spiro atoms. The monoisotopic (exact) mass is 354 g/mol. The Kier molecular flexibility index (Phi) is 7.68. The summed E-state index contributed by atoms with van der Waals surface area (Å²) in [6.07, 6.45) is 0.523. The van der Waals surface area contributed by atoms with Crippen LogP contribution in [0.4, 0.5) is 0 Å². The molecular weight excluding hydrogens is 328 g/mol. The first-order valence-electron chi connectivity index (χ1n) is 8.82. The van der Waals surface area contributed by atoms with Gasteiger partial charge in [0.25, 0.3) is 0 Å². The molecule has 0 unspecified atom stereocenters. The summed E-state index contributed by atoms with van der Waals surface area (Å²) in [6, 6.07) is 15.6. The third kappa shape index (κ3) is 6.59. The fourth-order valence-corrected chi connectivity index (χ4v) is 2.42. The summed E-state index contributed by atoms with van der Waals surface area (Å²) >= 11 is 0. The van der Waals surface area contributed by atoms with Crippen molar-refractivity contribution < 1.29 is 14.3 Å². The Morgan fingerprint density at radius 3 is 2.38 bits per heavy atom. The Labute approximate surface area is 154 Å². The summed E-state index contributed by atoms with van der Waals surface area (Å²) in [7, 11) is 0. The molecule has 0 saturated heterocycles. The molecule has 0 fully saturated rings. The molecule has 2 rings (SSSR count). The fourth-order valence-electron chi connectivity index (χ4n) is 2.42. The molecule has 2 amide bonds. The van der Waals surface area contributed by atoms with Gasteiger partial charge in [0.1, 0.15) is 5.75 Å². The molecule has 138 valence electrons. The van der Waals surface area contributed by atoms with Crippen LogP contribution in [0.2, 0.25) is 0 Å². The Balaban J connectivity index is 1.58. The smallest absolute Gasteiger partial charge is 0.223 e. The lowest BCUT2D eigenvalue weighted by molar-refractivity contribution is -0.122. The van der Waals surface area contributed by atoms with Crippen molar-refractivity contribution >= 4 is 11.8 Å². The normalized spacial score (nSPS) is 10.2. The maximum atomic E-state index is 11.8. The zero-order chi connectivity index (χ0) is 18.8. The van der Waals surface area contributed by atoms with Gasteiger partial charge in [-0.2, -0.15) is 0 Å². The van der Waals surface area contributed by atoms with Gasteiger partial charge in [-0.3, -0.25) is 9.59 Å². The van der Waals surface area contributed by atoms with E-state index in [2.05, 4.69) is 10.6 Å². The van der Waals surface area contributed by atoms with E-state index in [1.807, 2.05) is 62.4 Å². The minimum atomic E-state index is -0.119. The maximum Gasteiger partial charge on any atom is 0.223 e. The van der Waals surface area contributed by atoms with Crippen LogP contribution in [0.15, 0.2) is 48.5 Å². The summed E-state index contributed by atoms with van der Waals surface area (Å²) in [5.41, 5.74) is 3.30. The van der Waals surface area contributed by atoms with Crippen molar-refractivity contribution in [3.8, 4) is 5.75 Å². The van der Waals surface area contributed by atoms with E-state index >= 15 is 0 Å². The van der Waals surface area contributed by atoms with Crippen molar-refractivity contribution in [1.82, 2.24) is 10.6 Å². The Morgan fingerprint density at radius 1 is 0.885 bits per heavy atom. The van der Waals surface area contributed by atoms with Crippen LogP contribution >= 0.6 is 0 Å². The predicted octanol–water partition coefficient (Wildman–Crippen LogP) is 2.90. The minimum Gasteiger partial charge on any atom is -0.493 e. The number of hydrogen-bond donors (Lipinski definition) is 2. The number of rotatable bonds is 9. The summed E-state index contributed by atoms with van der Waals surface area (Å²) in [5, 5.41) is 5.58. The zero-order valence-corrected chi connectivity index (χ0v) is 15.4. The molecule has 0 bridgehead atoms. The highest BCUT2D eigenvalue weighted by Gasteiger charge is 2.06. The average molecular weight is 354 g/mol. The van der Waals surface area contributed by atoms with Gasteiger partial charge in [0.15, 0.2) is 0 Å². The number of nitrogens with one attached hydrogen (secondary N) is 2. The van der Waals surface area contributed by atoms with Crippen molar-refractivity contribution in [2.45, 2.75) is 33.2 Å². The van der Waals surface area contributed by atoms with E-state index in [4.69, 9.17) is 4.74 Å². The van der Waals surface area contributed by atoms with Gasteiger partial charge in [0.2, 0.25) is 11.8 Å². The lowest BCUT2D eigenvalue weighted by Crippen LogP contribution is -2.31. The van der Waals surface area contributed by atoms with Crippen LogP contribution in [0.5, 0.6) is 5.75 Å². The highest BCUT2D eigenvalue weighted by atomic mass is 16.5. The van der Waals surface area contributed by atoms with Crippen molar-refractivity contribution in [2.75, 3.05) is 13.2 Å². The summed E-state index contributed by atoms with van der Waals surface area (Å²) < 4.78 is 5.66. The van der Waals surface area contributed by atoms with Crippen LogP contribution in [-0.4, -0.2) is 25.0 Å². The topological polar surface area (TPSA) is 67.4 Å². The molecule has 0 aromatic heterocycles. The molecule has 0 aliphatic carbocycles. The fraction of sp³-hybridized carbons (Fsp3) is 0.333. The molecule has 0 atom stereocenters. The van der Waals surface area contributed by atoms with E-state index in [9.17, 15) is 9.59 Å². The van der Waals surface area contributed by atoms with Crippen molar-refractivity contribution in [3.63, 3.8) is 0 Å². The molecule has 0 radical (unpaired) electrons. The Bertz CT molecular complexity index is 729. The number of carbonyl (C=O) groups is 2. The van der Waals surface area contributed by atoms with E-state index in [0.29, 0.717) is 19.7 Å². The van der Waals surface area contributed by atoms with E-state index in [0.717, 1.165) is 22.4 Å². The maximum absolute atomic E-state index is 11.8. The van der Waals surface area contributed by atoms with Gasteiger partial charge in [-0.1, -0.05) is 42.5 Å². The molecule has 2 aromatic rings. The second-order valence-corrected chi connectivity index (χ2v) is 6.16. The van der Waals surface area contributed by atoms with Gasteiger partial charge < -0.3 is 15.4 Å². The third-order valence-corrected chi connectivity index (χ3v) is 4.15. The molecule has 0 aliphatic heterocycles. The highest BCUT2D eigenvalue weighted by molar-refractivity contribution is 5.79. The zero-order valence-electron chi connectivity index (χ0n) is 15.4. The third-order valence-electron chi connectivity index (χ3n) is 4.15. The van der Waals surface area contributed by atoms with Gasteiger partial charge in [-0.25, -0.2) is 0 Å². The van der Waals surface area contributed by atoms with Crippen LogP contribution in [0.3, 0.4) is 0 Å². The number of aryl methyl sites for hydroxylation is 1. The van der Waals surface area contributed by atoms with E-state index in [-0.39, 0.29) is 24.7 Å². The highest BCUT2D eigenvalue weighted by Crippen LogP contribution is 2.20. The van der Waals surface area contributed by atoms with Crippen LogP contribution in [0, 0.1) is 13.8 Å². The molecular formula is C21H26N2O3. The second-order valence-electron chi connectivity index (χ2n) is 6.16. The quantitative estimate of drug-likeness (QED) is 0.728. The van der Waals surface area contributed by atoms with E-state index in [1.54, 1.807) is 0 Å². The number of hydrogen-bond acceptors (Lipinski definition) is 3. The van der Waals surface area contributed by atoms with Gasteiger partial charge in [-0.05, 0) is 36.6 Å². The van der Waals surface area contributed by atoms with Gasteiger partial charge in [0.05, 0.1) is 13.0 Å². The van der Waals surface area contributed by atoms with Crippen molar-refractivity contribution in [1.29, 1.82) is 0 Å². The lowest BCUT2D eigenvalue weighted by atomic mass is 10.1. The van der Waals surface area contributed by atoms with E-state index in [1.165, 1.54) is 0 Å². The first-order valence-corrected chi connectivity index (χ1v) is 8.82. The second kappa shape index (κ2) is 10.2.